The molecule has 0 saturated carbocycles. The van der Waals surface area contributed by atoms with E-state index in [1.54, 1.807) is 24.2 Å². The molecule has 1 heterocycles. The van der Waals surface area contributed by atoms with E-state index in [4.69, 9.17) is 9.68 Å². The fraction of sp³-hybridized carbons (Fsp3) is 0.600. The van der Waals surface area contributed by atoms with Crippen molar-refractivity contribution in [2.24, 2.45) is 5.41 Å². The van der Waals surface area contributed by atoms with E-state index in [0.717, 1.165) is 18.6 Å². The molecule has 0 aliphatic rings. The summed E-state index contributed by atoms with van der Waals surface area (Å²) in [6.45, 7) is 3.92. The predicted molar refractivity (Wildman–Crippen MR) is 55.9 cm³/mol. The molecule has 1 aromatic rings. The lowest BCUT2D eigenvalue weighted by Gasteiger charge is -2.13. The molecule has 0 N–H and O–H groups in total. The molecule has 0 bridgehead atoms. The van der Waals surface area contributed by atoms with Gasteiger partial charge in [0.2, 0.25) is 0 Å². The molecule has 0 spiro atoms. The number of nitriles is 1. The fourth-order valence-corrected chi connectivity index (χ4v) is 1.73. The van der Waals surface area contributed by atoms with Gasteiger partial charge in [-0.2, -0.15) is 5.26 Å². The quantitative estimate of drug-likeness (QED) is 0.553. The molecule has 0 aliphatic carbocycles. The van der Waals surface area contributed by atoms with Gasteiger partial charge in [0.05, 0.1) is 17.7 Å². The second-order valence-corrected chi connectivity index (χ2v) is 4.79. The second kappa shape index (κ2) is 5.06. The minimum atomic E-state index is -0.211. The van der Waals surface area contributed by atoms with Gasteiger partial charge in [-0.3, -0.25) is 0 Å². The molecule has 3 nitrogen and oxygen atoms in total. The van der Waals surface area contributed by atoms with Crippen LogP contribution in [0.4, 0.5) is 0 Å². The lowest BCUT2D eigenvalue weighted by atomic mass is 9.90. The molecule has 0 aromatic carbocycles. The van der Waals surface area contributed by atoms with Gasteiger partial charge in [-0.1, -0.05) is 11.8 Å². The minimum absolute atomic E-state index is 0.211. The normalized spacial score (nSPS) is 11.2. The molecular formula is C10H14N2OS. The minimum Gasteiger partial charge on any atom is -0.440 e. The maximum absolute atomic E-state index is 8.79. The van der Waals surface area contributed by atoms with Crippen molar-refractivity contribution < 1.29 is 4.42 Å². The smallest absolute Gasteiger partial charge is 0.255 e. The molecule has 1 rings (SSSR count). The summed E-state index contributed by atoms with van der Waals surface area (Å²) in [5, 5.41) is 9.50. The summed E-state index contributed by atoms with van der Waals surface area (Å²) in [5.74, 6) is 0.950. The summed E-state index contributed by atoms with van der Waals surface area (Å²) in [6, 6.07) is 2.29. The Bertz CT molecular complexity index is 300. The molecule has 14 heavy (non-hydrogen) atoms. The molecule has 0 fully saturated rings. The van der Waals surface area contributed by atoms with Crippen LogP contribution in [0.2, 0.25) is 0 Å². The number of hydrogen-bond donors (Lipinski definition) is 0. The van der Waals surface area contributed by atoms with Gasteiger partial charge in [-0.05, 0) is 26.7 Å². The molecule has 0 aliphatic heterocycles. The van der Waals surface area contributed by atoms with Crippen molar-refractivity contribution in [2.45, 2.75) is 31.9 Å². The Labute approximate surface area is 88.5 Å². The van der Waals surface area contributed by atoms with Crippen LogP contribution in [0, 0.1) is 16.7 Å². The third-order valence-electron chi connectivity index (χ3n) is 1.88. The standard InChI is InChI=1S/C10H14N2OS/c1-10(2,8-11)4-3-7-14-9-12-5-6-13-9/h5-6H,3-4,7H2,1-2H3. The van der Waals surface area contributed by atoms with E-state index in [0.29, 0.717) is 5.22 Å². The van der Waals surface area contributed by atoms with Crippen LogP contribution in [0.25, 0.3) is 0 Å². The van der Waals surface area contributed by atoms with Gasteiger partial charge >= 0.3 is 0 Å². The SMILES string of the molecule is CC(C)(C#N)CCCSc1ncco1. The summed E-state index contributed by atoms with van der Waals surface area (Å²) in [6.07, 6.45) is 5.13. The summed E-state index contributed by atoms with van der Waals surface area (Å²) in [5.41, 5.74) is -0.211. The van der Waals surface area contributed by atoms with Crippen LogP contribution >= 0.6 is 11.8 Å². The first-order chi connectivity index (χ1) is 6.64. The van der Waals surface area contributed by atoms with Crippen molar-refractivity contribution >= 4 is 11.8 Å². The van der Waals surface area contributed by atoms with Gasteiger partial charge in [0.15, 0.2) is 0 Å². The van der Waals surface area contributed by atoms with E-state index < -0.39 is 0 Å². The largest absolute Gasteiger partial charge is 0.440 e. The highest BCUT2D eigenvalue weighted by Crippen LogP contribution is 2.24. The van der Waals surface area contributed by atoms with Crippen LogP contribution in [0.15, 0.2) is 22.1 Å². The van der Waals surface area contributed by atoms with E-state index in [1.807, 2.05) is 13.8 Å². The Hall–Kier alpha value is -0.950. The molecular weight excluding hydrogens is 196 g/mol. The molecule has 76 valence electrons. The Kier molecular flexibility index (Phi) is 4.02. The van der Waals surface area contributed by atoms with E-state index in [2.05, 4.69) is 11.1 Å². The van der Waals surface area contributed by atoms with Crippen LogP contribution in [0.5, 0.6) is 0 Å². The third kappa shape index (κ3) is 3.84. The first-order valence-corrected chi connectivity index (χ1v) is 5.56. The van der Waals surface area contributed by atoms with Crippen molar-refractivity contribution in [1.82, 2.24) is 4.98 Å². The van der Waals surface area contributed by atoms with Crippen molar-refractivity contribution in [3.05, 3.63) is 12.5 Å². The molecule has 4 heteroatoms. The number of aromatic nitrogens is 1. The first-order valence-electron chi connectivity index (χ1n) is 4.57. The average molecular weight is 210 g/mol. The van der Waals surface area contributed by atoms with E-state index in [9.17, 15) is 0 Å². The summed E-state index contributed by atoms with van der Waals surface area (Å²) >= 11 is 1.59. The van der Waals surface area contributed by atoms with Gasteiger partial charge in [-0.25, -0.2) is 4.98 Å². The zero-order valence-electron chi connectivity index (χ0n) is 8.49. The van der Waals surface area contributed by atoms with E-state index >= 15 is 0 Å². The zero-order valence-corrected chi connectivity index (χ0v) is 9.30. The zero-order chi connectivity index (χ0) is 10.4. The van der Waals surface area contributed by atoms with Crippen LogP contribution in [-0.2, 0) is 0 Å². The maximum atomic E-state index is 8.79. The maximum Gasteiger partial charge on any atom is 0.255 e. The highest BCUT2D eigenvalue weighted by atomic mass is 32.2. The summed E-state index contributed by atoms with van der Waals surface area (Å²) in [4.78, 5) is 4.00. The van der Waals surface area contributed by atoms with Crippen LogP contribution in [0.1, 0.15) is 26.7 Å². The number of rotatable bonds is 5. The molecule has 0 atom stereocenters. The van der Waals surface area contributed by atoms with Gasteiger partial charge in [0, 0.05) is 5.75 Å². The number of thioether (sulfide) groups is 1. The highest BCUT2D eigenvalue weighted by Gasteiger charge is 2.15. The van der Waals surface area contributed by atoms with Gasteiger partial charge < -0.3 is 4.42 Å². The van der Waals surface area contributed by atoms with Crippen molar-refractivity contribution in [3.8, 4) is 6.07 Å². The Balaban J connectivity index is 2.15. The van der Waals surface area contributed by atoms with E-state index in [1.165, 1.54) is 0 Å². The molecule has 0 radical (unpaired) electrons. The lowest BCUT2D eigenvalue weighted by Crippen LogP contribution is -2.07. The van der Waals surface area contributed by atoms with E-state index in [-0.39, 0.29) is 5.41 Å². The third-order valence-corrected chi connectivity index (χ3v) is 2.83. The molecule has 0 unspecified atom stereocenters. The lowest BCUT2D eigenvalue weighted by molar-refractivity contribution is 0.442. The monoisotopic (exact) mass is 210 g/mol. The second-order valence-electron chi connectivity index (χ2n) is 3.75. The fourth-order valence-electron chi connectivity index (χ4n) is 1.01. The van der Waals surface area contributed by atoms with Gasteiger partial charge in [-0.15, -0.1) is 0 Å². The average Bonchev–Trinajstić information content (AvgIpc) is 2.65. The van der Waals surface area contributed by atoms with Crippen molar-refractivity contribution in [3.63, 3.8) is 0 Å². The number of nitrogens with zero attached hydrogens (tertiary/aromatic N) is 2. The van der Waals surface area contributed by atoms with Gasteiger partial charge in [0.25, 0.3) is 5.22 Å². The Morgan fingerprint density at radius 2 is 2.43 bits per heavy atom. The van der Waals surface area contributed by atoms with Crippen LogP contribution < -0.4 is 0 Å². The molecule has 0 saturated heterocycles. The van der Waals surface area contributed by atoms with Crippen LogP contribution in [0.3, 0.4) is 0 Å². The van der Waals surface area contributed by atoms with Crippen LogP contribution in [-0.4, -0.2) is 10.7 Å². The molecule has 1 aromatic heterocycles. The van der Waals surface area contributed by atoms with Crippen molar-refractivity contribution in [2.75, 3.05) is 5.75 Å². The highest BCUT2D eigenvalue weighted by molar-refractivity contribution is 7.99. The Morgan fingerprint density at radius 1 is 1.64 bits per heavy atom. The first kappa shape index (κ1) is 11.1. The summed E-state index contributed by atoms with van der Waals surface area (Å²) in [7, 11) is 0. The number of oxazole rings is 1. The molecule has 0 amide bonds. The predicted octanol–water partition coefficient (Wildman–Crippen LogP) is 3.10. The van der Waals surface area contributed by atoms with Crippen molar-refractivity contribution in [1.29, 1.82) is 5.26 Å². The Morgan fingerprint density at radius 3 is 3.00 bits per heavy atom. The summed E-state index contributed by atoms with van der Waals surface area (Å²) < 4.78 is 5.08. The topological polar surface area (TPSA) is 49.8 Å². The van der Waals surface area contributed by atoms with Gasteiger partial charge in [0.1, 0.15) is 6.26 Å². The number of hydrogen-bond acceptors (Lipinski definition) is 4.